The van der Waals surface area contributed by atoms with Gasteiger partial charge < -0.3 is 16.2 Å². The molecule has 0 aliphatic carbocycles. The SMILES string of the molecule is CNc1ccc(CSc2cc(O)ccc2N)cc1. The van der Waals surface area contributed by atoms with Crippen molar-refractivity contribution < 1.29 is 5.11 Å². The van der Waals surface area contributed by atoms with Crippen molar-refractivity contribution in [3.8, 4) is 5.75 Å². The Kier molecular flexibility index (Phi) is 3.99. The number of benzene rings is 2. The molecule has 0 radical (unpaired) electrons. The van der Waals surface area contributed by atoms with Crippen LogP contribution in [-0.4, -0.2) is 12.2 Å². The number of thioether (sulfide) groups is 1. The highest BCUT2D eigenvalue weighted by Crippen LogP contribution is 2.31. The number of phenols is 1. The topological polar surface area (TPSA) is 58.3 Å². The first kappa shape index (κ1) is 12.6. The fourth-order valence-electron chi connectivity index (χ4n) is 1.58. The van der Waals surface area contributed by atoms with Crippen molar-refractivity contribution in [2.75, 3.05) is 18.1 Å². The average Bonchev–Trinajstić information content (AvgIpc) is 2.40. The Morgan fingerprint density at radius 3 is 2.56 bits per heavy atom. The van der Waals surface area contributed by atoms with E-state index < -0.39 is 0 Å². The number of phenolic OH excluding ortho intramolecular Hbond substituents is 1. The summed E-state index contributed by atoms with van der Waals surface area (Å²) in [6.07, 6.45) is 0. The van der Waals surface area contributed by atoms with Gasteiger partial charge in [-0.3, -0.25) is 0 Å². The molecule has 0 unspecified atom stereocenters. The van der Waals surface area contributed by atoms with Crippen molar-refractivity contribution in [3.63, 3.8) is 0 Å². The van der Waals surface area contributed by atoms with Gasteiger partial charge in [-0.05, 0) is 35.9 Å². The van der Waals surface area contributed by atoms with Crippen molar-refractivity contribution >= 4 is 23.1 Å². The molecule has 2 aromatic carbocycles. The van der Waals surface area contributed by atoms with Crippen molar-refractivity contribution in [1.29, 1.82) is 0 Å². The Morgan fingerprint density at radius 1 is 1.17 bits per heavy atom. The second-order valence-electron chi connectivity index (χ2n) is 3.96. The van der Waals surface area contributed by atoms with Crippen molar-refractivity contribution in [2.45, 2.75) is 10.6 Å². The second-order valence-corrected chi connectivity index (χ2v) is 4.97. The maximum atomic E-state index is 9.43. The van der Waals surface area contributed by atoms with Gasteiger partial charge in [0.1, 0.15) is 5.75 Å². The average molecular weight is 260 g/mol. The van der Waals surface area contributed by atoms with E-state index in [4.69, 9.17) is 5.73 Å². The molecule has 0 aliphatic heterocycles. The molecule has 0 spiro atoms. The van der Waals surface area contributed by atoms with Gasteiger partial charge in [-0.1, -0.05) is 12.1 Å². The highest BCUT2D eigenvalue weighted by atomic mass is 32.2. The molecular formula is C14H16N2OS. The summed E-state index contributed by atoms with van der Waals surface area (Å²) < 4.78 is 0. The third-order valence-electron chi connectivity index (χ3n) is 2.63. The van der Waals surface area contributed by atoms with Gasteiger partial charge in [0.2, 0.25) is 0 Å². The molecule has 2 rings (SSSR count). The van der Waals surface area contributed by atoms with Gasteiger partial charge in [-0.15, -0.1) is 11.8 Å². The van der Waals surface area contributed by atoms with Crippen LogP contribution in [0.4, 0.5) is 11.4 Å². The quantitative estimate of drug-likeness (QED) is 0.448. The smallest absolute Gasteiger partial charge is 0.116 e. The van der Waals surface area contributed by atoms with E-state index >= 15 is 0 Å². The highest BCUT2D eigenvalue weighted by Gasteiger charge is 2.02. The monoisotopic (exact) mass is 260 g/mol. The minimum atomic E-state index is 0.247. The van der Waals surface area contributed by atoms with Crippen LogP contribution in [0.25, 0.3) is 0 Å². The summed E-state index contributed by atoms with van der Waals surface area (Å²) in [4.78, 5) is 0.910. The first-order chi connectivity index (χ1) is 8.69. The minimum absolute atomic E-state index is 0.247. The van der Waals surface area contributed by atoms with E-state index in [-0.39, 0.29) is 5.75 Å². The number of nitrogens with two attached hydrogens (primary N) is 1. The van der Waals surface area contributed by atoms with Gasteiger partial charge in [0.15, 0.2) is 0 Å². The molecule has 0 saturated carbocycles. The molecule has 4 N–H and O–H groups in total. The van der Waals surface area contributed by atoms with Crippen LogP contribution in [0, 0.1) is 0 Å². The number of nitrogen functional groups attached to an aromatic ring is 1. The number of nitrogens with one attached hydrogen (secondary N) is 1. The van der Waals surface area contributed by atoms with E-state index in [0.717, 1.165) is 16.3 Å². The maximum Gasteiger partial charge on any atom is 0.116 e. The fourth-order valence-corrected chi connectivity index (χ4v) is 2.53. The Hall–Kier alpha value is -1.81. The molecule has 0 fully saturated rings. The van der Waals surface area contributed by atoms with Gasteiger partial charge in [-0.25, -0.2) is 0 Å². The molecule has 0 heterocycles. The molecule has 0 atom stereocenters. The summed E-state index contributed by atoms with van der Waals surface area (Å²) >= 11 is 1.62. The molecule has 0 amide bonds. The molecule has 0 bridgehead atoms. The lowest BCUT2D eigenvalue weighted by molar-refractivity contribution is 0.474. The molecule has 94 valence electrons. The maximum absolute atomic E-state index is 9.43. The van der Waals surface area contributed by atoms with E-state index in [1.165, 1.54) is 5.56 Å². The molecule has 18 heavy (non-hydrogen) atoms. The van der Waals surface area contributed by atoms with E-state index in [2.05, 4.69) is 17.4 Å². The summed E-state index contributed by atoms with van der Waals surface area (Å²) in [5, 5.41) is 12.5. The minimum Gasteiger partial charge on any atom is -0.508 e. The van der Waals surface area contributed by atoms with Crippen LogP contribution in [0.3, 0.4) is 0 Å². The molecular weight excluding hydrogens is 244 g/mol. The van der Waals surface area contributed by atoms with Crippen LogP contribution < -0.4 is 11.1 Å². The zero-order valence-corrected chi connectivity index (χ0v) is 11.0. The van der Waals surface area contributed by atoms with Crippen LogP contribution in [0.15, 0.2) is 47.4 Å². The zero-order chi connectivity index (χ0) is 13.0. The van der Waals surface area contributed by atoms with E-state index in [9.17, 15) is 5.11 Å². The first-order valence-corrected chi connectivity index (χ1v) is 6.65. The van der Waals surface area contributed by atoms with Crippen LogP contribution in [0.5, 0.6) is 5.75 Å². The summed E-state index contributed by atoms with van der Waals surface area (Å²) in [5.74, 6) is 1.08. The normalized spacial score (nSPS) is 10.3. The summed E-state index contributed by atoms with van der Waals surface area (Å²) in [6, 6.07) is 13.3. The van der Waals surface area contributed by atoms with E-state index in [0.29, 0.717) is 5.69 Å². The van der Waals surface area contributed by atoms with Crippen molar-refractivity contribution in [3.05, 3.63) is 48.0 Å². The van der Waals surface area contributed by atoms with Crippen LogP contribution >= 0.6 is 11.8 Å². The highest BCUT2D eigenvalue weighted by molar-refractivity contribution is 7.98. The lowest BCUT2D eigenvalue weighted by atomic mass is 10.2. The van der Waals surface area contributed by atoms with Crippen LogP contribution in [-0.2, 0) is 5.75 Å². The lowest BCUT2D eigenvalue weighted by Gasteiger charge is -2.07. The predicted octanol–water partition coefficient (Wildman–Crippen LogP) is 3.31. The van der Waals surface area contributed by atoms with Crippen LogP contribution in [0.2, 0.25) is 0 Å². The second kappa shape index (κ2) is 5.69. The number of rotatable bonds is 4. The van der Waals surface area contributed by atoms with E-state index in [1.54, 1.807) is 30.0 Å². The largest absolute Gasteiger partial charge is 0.508 e. The molecule has 2 aromatic rings. The molecule has 3 nitrogen and oxygen atoms in total. The number of aromatic hydroxyl groups is 1. The predicted molar refractivity (Wildman–Crippen MR) is 78.1 cm³/mol. The summed E-state index contributed by atoms with van der Waals surface area (Å²) in [7, 11) is 1.90. The summed E-state index contributed by atoms with van der Waals surface area (Å²) in [5.41, 5.74) is 8.88. The molecule has 0 saturated heterocycles. The van der Waals surface area contributed by atoms with Crippen molar-refractivity contribution in [2.24, 2.45) is 0 Å². The Balaban J connectivity index is 2.04. The number of anilines is 2. The number of hydrogen-bond donors (Lipinski definition) is 3. The zero-order valence-electron chi connectivity index (χ0n) is 10.2. The molecule has 4 heteroatoms. The van der Waals surface area contributed by atoms with Gasteiger partial charge in [0.05, 0.1) is 0 Å². The van der Waals surface area contributed by atoms with Gasteiger partial charge in [0, 0.05) is 29.1 Å². The first-order valence-electron chi connectivity index (χ1n) is 5.67. The molecule has 0 aliphatic rings. The fraction of sp³-hybridized carbons (Fsp3) is 0.143. The Labute approximate surface area is 111 Å². The van der Waals surface area contributed by atoms with Gasteiger partial charge in [-0.2, -0.15) is 0 Å². The standard InChI is InChI=1S/C14H16N2OS/c1-16-11-4-2-10(3-5-11)9-18-14-8-12(17)6-7-13(14)15/h2-8,16-17H,9,15H2,1H3. The van der Waals surface area contributed by atoms with Gasteiger partial charge in [0.25, 0.3) is 0 Å². The third kappa shape index (κ3) is 3.11. The Morgan fingerprint density at radius 2 is 1.89 bits per heavy atom. The number of hydrogen-bond acceptors (Lipinski definition) is 4. The van der Waals surface area contributed by atoms with E-state index in [1.807, 2.05) is 19.2 Å². The third-order valence-corrected chi connectivity index (χ3v) is 3.78. The lowest BCUT2D eigenvalue weighted by Crippen LogP contribution is -1.90. The molecule has 0 aromatic heterocycles. The van der Waals surface area contributed by atoms with Crippen LogP contribution in [0.1, 0.15) is 5.56 Å². The van der Waals surface area contributed by atoms with Crippen molar-refractivity contribution in [1.82, 2.24) is 0 Å². The summed E-state index contributed by atoms with van der Waals surface area (Å²) in [6.45, 7) is 0. The van der Waals surface area contributed by atoms with Gasteiger partial charge >= 0.3 is 0 Å². The Bertz CT molecular complexity index is 526.